The standard InChI is InChI=1S/C15H19NO2/c1-16-8-15-13(10-17-9-11-6-7-11)12-4-2-3-5-14(12)18-15/h2-5,11,16H,6-10H2,1H3. The van der Waals surface area contributed by atoms with Crippen molar-refractivity contribution in [3.05, 3.63) is 35.6 Å². The number of hydrogen-bond acceptors (Lipinski definition) is 3. The quantitative estimate of drug-likeness (QED) is 0.849. The second kappa shape index (κ2) is 5.12. The highest BCUT2D eigenvalue weighted by Gasteiger charge is 2.22. The van der Waals surface area contributed by atoms with Crippen molar-refractivity contribution >= 4 is 11.0 Å². The zero-order chi connectivity index (χ0) is 12.4. The van der Waals surface area contributed by atoms with Gasteiger partial charge in [0.15, 0.2) is 0 Å². The molecular formula is C15H19NO2. The molecule has 3 nitrogen and oxygen atoms in total. The van der Waals surface area contributed by atoms with Crippen molar-refractivity contribution in [2.24, 2.45) is 5.92 Å². The molecule has 0 aliphatic heterocycles. The number of rotatable bonds is 6. The summed E-state index contributed by atoms with van der Waals surface area (Å²) in [6.45, 7) is 2.29. The first-order valence-corrected chi connectivity index (χ1v) is 6.60. The van der Waals surface area contributed by atoms with E-state index in [1.165, 1.54) is 23.8 Å². The van der Waals surface area contributed by atoms with E-state index in [4.69, 9.17) is 9.15 Å². The average molecular weight is 245 g/mol. The fourth-order valence-electron chi connectivity index (χ4n) is 2.22. The van der Waals surface area contributed by atoms with E-state index >= 15 is 0 Å². The van der Waals surface area contributed by atoms with Gasteiger partial charge in [-0.1, -0.05) is 18.2 Å². The number of ether oxygens (including phenoxy) is 1. The molecule has 1 N–H and O–H groups in total. The topological polar surface area (TPSA) is 34.4 Å². The summed E-state index contributed by atoms with van der Waals surface area (Å²) in [5.41, 5.74) is 2.15. The maximum atomic E-state index is 5.87. The van der Waals surface area contributed by atoms with Gasteiger partial charge in [-0.25, -0.2) is 0 Å². The first-order chi connectivity index (χ1) is 8.88. The Kier molecular flexibility index (Phi) is 3.35. The van der Waals surface area contributed by atoms with Gasteiger partial charge in [-0.15, -0.1) is 0 Å². The Bertz CT molecular complexity index is 528. The summed E-state index contributed by atoms with van der Waals surface area (Å²) in [5, 5.41) is 4.33. The first-order valence-electron chi connectivity index (χ1n) is 6.60. The highest BCUT2D eigenvalue weighted by atomic mass is 16.5. The predicted octanol–water partition coefficient (Wildman–Crippen LogP) is 3.08. The summed E-state index contributed by atoms with van der Waals surface area (Å²) >= 11 is 0. The molecule has 0 saturated heterocycles. The van der Waals surface area contributed by atoms with Crippen molar-refractivity contribution in [1.82, 2.24) is 5.32 Å². The van der Waals surface area contributed by atoms with Crippen LogP contribution in [0.5, 0.6) is 0 Å². The summed E-state index contributed by atoms with van der Waals surface area (Å²) in [5.74, 6) is 1.80. The van der Waals surface area contributed by atoms with Gasteiger partial charge < -0.3 is 14.5 Å². The molecule has 1 aromatic heterocycles. The summed E-state index contributed by atoms with van der Waals surface area (Å²) in [6.07, 6.45) is 2.66. The molecule has 3 rings (SSSR count). The molecule has 2 aromatic rings. The Labute approximate surface area is 107 Å². The molecule has 0 spiro atoms. The molecule has 1 fully saturated rings. The molecule has 0 amide bonds. The lowest BCUT2D eigenvalue weighted by atomic mass is 10.1. The molecule has 1 heterocycles. The van der Waals surface area contributed by atoms with Crippen LogP contribution in [0.3, 0.4) is 0 Å². The lowest BCUT2D eigenvalue weighted by Crippen LogP contribution is -2.07. The normalized spacial score (nSPS) is 15.4. The van der Waals surface area contributed by atoms with Gasteiger partial charge in [0, 0.05) is 17.6 Å². The van der Waals surface area contributed by atoms with E-state index < -0.39 is 0 Å². The van der Waals surface area contributed by atoms with E-state index in [0.717, 1.165) is 30.4 Å². The van der Waals surface area contributed by atoms with Crippen molar-refractivity contribution in [2.75, 3.05) is 13.7 Å². The largest absolute Gasteiger partial charge is 0.459 e. The molecule has 1 aromatic carbocycles. The van der Waals surface area contributed by atoms with E-state index in [1.54, 1.807) is 0 Å². The number of fused-ring (bicyclic) bond motifs is 1. The zero-order valence-electron chi connectivity index (χ0n) is 10.7. The van der Waals surface area contributed by atoms with Gasteiger partial charge in [0.1, 0.15) is 11.3 Å². The van der Waals surface area contributed by atoms with Gasteiger partial charge in [0.25, 0.3) is 0 Å². The highest BCUT2D eigenvalue weighted by Crippen LogP contribution is 2.30. The molecule has 0 unspecified atom stereocenters. The summed E-state index contributed by atoms with van der Waals surface area (Å²) in [4.78, 5) is 0. The second-order valence-electron chi connectivity index (χ2n) is 4.99. The predicted molar refractivity (Wildman–Crippen MR) is 71.4 cm³/mol. The molecule has 0 atom stereocenters. The molecule has 3 heteroatoms. The fraction of sp³-hybridized carbons (Fsp3) is 0.467. The number of furan rings is 1. The van der Waals surface area contributed by atoms with Crippen LogP contribution in [0, 0.1) is 5.92 Å². The fourth-order valence-corrected chi connectivity index (χ4v) is 2.22. The Morgan fingerprint density at radius 1 is 1.33 bits per heavy atom. The number of hydrogen-bond donors (Lipinski definition) is 1. The Balaban J connectivity index is 1.82. The number of para-hydroxylation sites is 1. The Hall–Kier alpha value is -1.32. The third-order valence-corrected chi connectivity index (χ3v) is 3.42. The van der Waals surface area contributed by atoms with Crippen LogP contribution in [-0.4, -0.2) is 13.7 Å². The lowest BCUT2D eigenvalue weighted by Gasteiger charge is -2.04. The number of nitrogens with one attached hydrogen (secondary N) is 1. The third kappa shape index (κ3) is 2.42. The van der Waals surface area contributed by atoms with Crippen molar-refractivity contribution < 1.29 is 9.15 Å². The van der Waals surface area contributed by atoms with Crippen LogP contribution in [0.2, 0.25) is 0 Å². The molecule has 0 bridgehead atoms. The van der Waals surface area contributed by atoms with Crippen LogP contribution < -0.4 is 5.32 Å². The Morgan fingerprint density at radius 3 is 2.94 bits per heavy atom. The van der Waals surface area contributed by atoms with Crippen molar-refractivity contribution in [1.29, 1.82) is 0 Å². The Morgan fingerprint density at radius 2 is 2.17 bits per heavy atom. The van der Waals surface area contributed by atoms with Crippen LogP contribution >= 0.6 is 0 Å². The molecule has 18 heavy (non-hydrogen) atoms. The van der Waals surface area contributed by atoms with Crippen LogP contribution in [0.15, 0.2) is 28.7 Å². The van der Waals surface area contributed by atoms with Gasteiger partial charge in [0.2, 0.25) is 0 Å². The monoisotopic (exact) mass is 245 g/mol. The van der Waals surface area contributed by atoms with Crippen molar-refractivity contribution in [3.63, 3.8) is 0 Å². The van der Waals surface area contributed by atoms with Gasteiger partial charge >= 0.3 is 0 Å². The molecule has 96 valence electrons. The van der Waals surface area contributed by atoms with Crippen LogP contribution in [-0.2, 0) is 17.9 Å². The SMILES string of the molecule is CNCc1oc2ccccc2c1COCC1CC1. The van der Waals surface area contributed by atoms with E-state index in [-0.39, 0.29) is 0 Å². The maximum Gasteiger partial charge on any atom is 0.134 e. The lowest BCUT2D eigenvalue weighted by molar-refractivity contribution is 0.110. The van der Waals surface area contributed by atoms with E-state index in [9.17, 15) is 0 Å². The molecule has 1 aliphatic rings. The van der Waals surface area contributed by atoms with Crippen LogP contribution in [0.4, 0.5) is 0 Å². The van der Waals surface area contributed by atoms with E-state index in [2.05, 4.69) is 11.4 Å². The smallest absolute Gasteiger partial charge is 0.134 e. The van der Waals surface area contributed by atoms with Gasteiger partial charge in [-0.2, -0.15) is 0 Å². The van der Waals surface area contributed by atoms with Crippen LogP contribution in [0.25, 0.3) is 11.0 Å². The van der Waals surface area contributed by atoms with Crippen molar-refractivity contribution in [2.45, 2.75) is 26.0 Å². The summed E-state index contributed by atoms with van der Waals surface area (Å²) < 4.78 is 11.7. The van der Waals surface area contributed by atoms with Gasteiger partial charge in [-0.05, 0) is 31.9 Å². The van der Waals surface area contributed by atoms with Crippen molar-refractivity contribution in [3.8, 4) is 0 Å². The maximum absolute atomic E-state index is 5.87. The molecular weight excluding hydrogens is 226 g/mol. The van der Waals surface area contributed by atoms with Crippen LogP contribution in [0.1, 0.15) is 24.2 Å². The summed E-state index contributed by atoms with van der Waals surface area (Å²) in [6, 6.07) is 8.17. The number of benzene rings is 1. The first kappa shape index (κ1) is 11.8. The minimum Gasteiger partial charge on any atom is -0.459 e. The molecule has 1 aliphatic carbocycles. The summed E-state index contributed by atoms with van der Waals surface area (Å²) in [7, 11) is 1.93. The van der Waals surface area contributed by atoms with Gasteiger partial charge in [0.05, 0.1) is 13.2 Å². The zero-order valence-corrected chi connectivity index (χ0v) is 10.7. The minimum atomic E-state index is 0.657. The molecule has 0 radical (unpaired) electrons. The molecule has 1 saturated carbocycles. The minimum absolute atomic E-state index is 0.657. The van der Waals surface area contributed by atoms with E-state index in [0.29, 0.717) is 6.61 Å². The third-order valence-electron chi connectivity index (χ3n) is 3.42. The second-order valence-corrected chi connectivity index (χ2v) is 4.99. The van der Waals surface area contributed by atoms with E-state index in [1.807, 2.05) is 25.2 Å². The average Bonchev–Trinajstić information content (AvgIpc) is 3.14. The van der Waals surface area contributed by atoms with Gasteiger partial charge in [-0.3, -0.25) is 0 Å². The highest BCUT2D eigenvalue weighted by molar-refractivity contribution is 5.82.